The molecule has 0 fully saturated rings. The molecule has 0 saturated heterocycles. The van der Waals surface area contributed by atoms with Crippen molar-refractivity contribution in [3.63, 3.8) is 0 Å². The number of carbonyl (C=O) groups excluding carboxylic acids is 1. The van der Waals surface area contributed by atoms with Crippen LogP contribution in [0.4, 0.5) is 24.0 Å². The van der Waals surface area contributed by atoms with E-state index < -0.39 is 16.7 Å². The number of nitro groups is 1. The van der Waals surface area contributed by atoms with Crippen molar-refractivity contribution in [2.24, 2.45) is 0 Å². The Labute approximate surface area is 232 Å². The Morgan fingerprint density at radius 2 is 2.05 bits per heavy atom. The van der Waals surface area contributed by atoms with Gasteiger partial charge in [-0.05, 0) is 23.8 Å². The summed E-state index contributed by atoms with van der Waals surface area (Å²) in [5, 5.41) is 22.9. The number of hydrogen-bond acceptors (Lipinski definition) is 8. The van der Waals surface area contributed by atoms with Crippen molar-refractivity contribution in [1.29, 1.82) is 0 Å². The molecule has 0 unspecified atom stereocenters. The number of amides is 1. The number of nitrogens with one attached hydrogen (secondary N) is 1. The molecule has 0 radical (unpaired) electrons. The van der Waals surface area contributed by atoms with Crippen molar-refractivity contribution in [3.8, 4) is 11.4 Å². The third-order valence-electron chi connectivity index (χ3n) is 5.21. The standard InChI is InChI=1S/C24H18ClF3N6O3S2/c1-2-8-33-21(14-4-3-5-17(10-14)34(36)37)31-32-23(33)38-13-20(35)30-22-29-12-18(39-22)11-15-9-16(24(26,27)28)6-7-19(15)25/h2-7,9-10,12H,1,8,11,13H2,(H,29,30,35). The lowest BCUT2D eigenvalue weighted by Gasteiger charge is -2.09. The van der Waals surface area contributed by atoms with Crippen molar-refractivity contribution < 1.29 is 22.9 Å². The van der Waals surface area contributed by atoms with Crippen LogP contribution in [0.1, 0.15) is 16.0 Å². The summed E-state index contributed by atoms with van der Waals surface area (Å²) in [5.41, 5.74) is -0.0991. The molecule has 1 amide bonds. The number of nitro benzene ring substituents is 1. The maximum atomic E-state index is 13.0. The second-order valence-corrected chi connectivity index (χ2v) is 10.4. The third-order valence-corrected chi connectivity index (χ3v) is 7.46. The Hall–Kier alpha value is -3.75. The summed E-state index contributed by atoms with van der Waals surface area (Å²) in [4.78, 5) is 27.9. The van der Waals surface area contributed by atoms with Gasteiger partial charge in [0.25, 0.3) is 5.69 Å². The van der Waals surface area contributed by atoms with E-state index in [-0.39, 0.29) is 33.9 Å². The molecule has 4 aromatic rings. The molecule has 0 bridgehead atoms. The average molecular weight is 595 g/mol. The summed E-state index contributed by atoms with van der Waals surface area (Å²) < 4.78 is 40.8. The van der Waals surface area contributed by atoms with Crippen molar-refractivity contribution in [2.45, 2.75) is 24.3 Å². The Balaban J connectivity index is 1.41. The average Bonchev–Trinajstić information content (AvgIpc) is 3.50. The lowest BCUT2D eigenvalue weighted by molar-refractivity contribution is -0.384. The van der Waals surface area contributed by atoms with Gasteiger partial charge < -0.3 is 5.32 Å². The van der Waals surface area contributed by atoms with Gasteiger partial charge in [0.05, 0.1) is 16.2 Å². The maximum Gasteiger partial charge on any atom is 0.416 e. The summed E-state index contributed by atoms with van der Waals surface area (Å²) in [6.45, 7) is 4.03. The van der Waals surface area contributed by atoms with E-state index >= 15 is 0 Å². The first-order valence-corrected chi connectivity index (χ1v) is 13.2. The van der Waals surface area contributed by atoms with Gasteiger partial charge in [-0.25, -0.2) is 4.98 Å². The monoisotopic (exact) mass is 594 g/mol. The molecular weight excluding hydrogens is 577 g/mol. The highest BCUT2D eigenvalue weighted by molar-refractivity contribution is 7.99. The Kier molecular flexibility index (Phi) is 8.67. The number of alkyl halides is 3. The normalized spacial score (nSPS) is 11.4. The van der Waals surface area contributed by atoms with E-state index in [1.807, 2.05) is 0 Å². The highest BCUT2D eigenvalue weighted by atomic mass is 35.5. The first kappa shape index (κ1) is 28.3. The Bertz CT molecular complexity index is 1540. The molecule has 0 saturated carbocycles. The molecule has 0 aliphatic carbocycles. The summed E-state index contributed by atoms with van der Waals surface area (Å²) in [6, 6.07) is 9.10. The van der Waals surface area contributed by atoms with Crippen LogP contribution in [0.15, 0.2) is 66.5 Å². The number of aromatic nitrogens is 4. The minimum Gasteiger partial charge on any atom is -0.301 e. The first-order chi connectivity index (χ1) is 18.5. The van der Waals surface area contributed by atoms with Crippen molar-refractivity contribution in [1.82, 2.24) is 19.7 Å². The van der Waals surface area contributed by atoms with Crippen molar-refractivity contribution >= 4 is 51.4 Å². The molecule has 0 atom stereocenters. The number of carbonyl (C=O) groups is 1. The van der Waals surface area contributed by atoms with E-state index in [0.29, 0.717) is 33.5 Å². The van der Waals surface area contributed by atoms with Gasteiger partial charge in [-0.15, -0.1) is 28.1 Å². The number of hydrogen-bond donors (Lipinski definition) is 1. The molecule has 4 rings (SSSR count). The third kappa shape index (κ3) is 7.02. The van der Waals surface area contributed by atoms with Gasteiger partial charge in [0.2, 0.25) is 5.91 Å². The summed E-state index contributed by atoms with van der Waals surface area (Å²) in [7, 11) is 0. The number of benzene rings is 2. The van der Waals surface area contributed by atoms with Crippen LogP contribution in [-0.2, 0) is 23.9 Å². The molecule has 0 spiro atoms. The number of nitrogens with zero attached hydrogens (tertiary/aromatic N) is 5. The van der Waals surface area contributed by atoms with E-state index in [0.717, 1.165) is 35.2 Å². The molecule has 0 aliphatic heterocycles. The van der Waals surface area contributed by atoms with Crippen molar-refractivity contribution in [2.75, 3.05) is 11.1 Å². The Morgan fingerprint density at radius 3 is 2.77 bits per heavy atom. The fraction of sp³-hybridized carbons (Fsp3) is 0.167. The van der Waals surface area contributed by atoms with Crippen LogP contribution in [0.25, 0.3) is 11.4 Å². The van der Waals surface area contributed by atoms with Crippen LogP contribution in [0.2, 0.25) is 5.02 Å². The zero-order valence-electron chi connectivity index (χ0n) is 19.8. The first-order valence-electron chi connectivity index (χ1n) is 11.1. The zero-order valence-corrected chi connectivity index (χ0v) is 22.2. The molecular formula is C24H18ClF3N6O3S2. The van der Waals surface area contributed by atoms with Crippen LogP contribution in [-0.4, -0.2) is 36.3 Å². The summed E-state index contributed by atoms with van der Waals surface area (Å²) in [5.74, 6) is -0.0409. The molecule has 9 nitrogen and oxygen atoms in total. The number of thiazole rings is 1. The molecule has 2 aromatic heterocycles. The zero-order chi connectivity index (χ0) is 28.2. The highest BCUT2D eigenvalue weighted by Gasteiger charge is 2.31. The van der Waals surface area contributed by atoms with Crippen LogP contribution in [0, 0.1) is 10.1 Å². The maximum absolute atomic E-state index is 13.0. The van der Waals surface area contributed by atoms with Gasteiger partial charge in [-0.3, -0.25) is 19.5 Å². The van der Waals surface area contributed by atoms with Gasteiger partial charge in [0.15, 0.2) is 16.1 Å². The van der Waals surface area contributed by atoms with Gasteiger partial charge >= 0.3 is 6.18 Å². The molecule has 2 aromatic carbocycles. The van der Waals surface area contributed by atoms with E-state index in [4.69, 9.17) is 11.6 Å². The SMILES string of the molecule is C=CCn1c(SCC(=O)Nc2ncc(Cc3cc(C(F)(F)F)ccc3Cl)s2)nnc1-c1cccc([N+](=O)[O-])c1. The van der Waals surface area contributed by atoms with Gasteiger partial charge in [0, 0.05) is 46.8 Å². The number of anilines is 1. The largest absolute Gasteiger partial charge is 0.416 e. The van der Waals surface area contributed by atoms with Gasteiger partial charge in [0.1, 0.15) is 0 Å². The predicted octanol–water partition coefficient (Wildman–Crippen LogP) is 6.49. The summed E-state index contributed by atoms with van der Waals surface area (Å²) in [6.07, 6.45) is -1.28. The second-order valence-electron chi connectivity index (χ2n) is 7.96. The van der Waals surface area contributed by atoms with Crippen LogP contribution in [0.3, 0.4) is 0 Å². The van der Waals surface area contributed by atoms with Crippen LogP contribution >= 0.6 is 34.7 Å². The molecule has 0 aliphatic rings. The van der Waals surface area contributed by atoms with Crippen LogP contribution < -0.4 is 5.32 Å². The van der Waals surface area contributed by atoms with Crippen LogP contribution in [0.5, 0.6) is 0 Å². The minimum atomic E-state index is -4.49. The topological polar surface area (TPSA) is 116 Å². The fourth-order valence-electron chi connectivity index (χ4n) is 3.47. The predicted molar refractivity (Wildman–Crippen MR) is 143 cm³/mol. The molecule has 39 heavy (non-hydrogen) atoms. The van der Waals surface area contributed by atoms with Crippen molar-refractivity contribution in [3.05, 3.63) is 92.5 Å². The number of halogens is 4. The van der Waals surface area contributed by atoms with E-state index in [1.54, 1.807) is 22.8 Å². The molecule has 2 heterocycles. The second kappa shape index (κ2) is 12.0. The quantitative estimate of drug-likeness (QED) is 0.0965. The lowest BCUT2D eigenvalue weighted by Crippen LogP contribution is -2.14. The number of rotatable bonds is 10. The molecule has 1 N–H and O–H groups in total. The Morgan fingerprint density at radius 1 is 1.26 bits per heavy atom. The number of thioether (sulfide) groups is 1. The fourth-order valence-corrected chi connectivity index (χ4v) is 5.25. The highest BCUT2D eigenvalue weighted by Crippen LogP contribution is 2.33. The lowest BCUT2D eigenvalue weighted by atomic mass is 10.1. The summed E-state index contributed by atoms with van der Waals surface area (Å²) >= 11 is 8.31. The minimum absolute atomic E-state index is 0.0431. The smallest absolute Gasteiger partial charge is 0.301 e. The number of allylic oxidation sites excluding steroid dienone is 1. The van der Waals surface area contributed by atoms with Gasteiger partial charge in [-0.2, -0.15) is 13.2 Å². The van der Waals surface area contributed by atoms with E-state index in [1.165, 1.54) is 24.4 Å². The number of non-ortho nitro benzene ring substituents is 1. The van der Waals surface area contributed by atoms with Gasteiger partial charge in [-0.1, -0.05) is 41.6 Å². The molecule has 15 heteroatoms. The van der Waals surface area contributed by atoms with E-state index in [9.17, 15) is 28.1 Å². The van der Waals surface area contributed by atoms with E-state index in [2.05, 4.69) is 27.1 Å². The molecule has 202 valence electrons.